The van der Waals surface area contributed by atoms with Gasteiger partial charge in [-0.25, -0.2) is 14.4 Å². The van der Waals surface area contributed by atoms with Crippen LogP contribution in [0.25, 0.3) is 0 Å². The number of rotatable bonds is 5. The van der Waals surface area contributed by atoms with Crippen molar-refractivity contribution >= 4 is 18.0 Å². The summed E-state index contributed by atoms with van der Waals surface area (Å²) in [7, 11) is 0. The zero-order chi connectivity index (χ0) is 22.6. The molecule has 2 aliphatic heterocycles. The summed E-state index contributed by atoms with van der Waals surface area (Å²) in [5, 5.41) is 0. The molecule has 32 heavy (non-hydrogen) atoms. The molecule has 0 amide bonds. The molecule has 6 nitrogen and oxygen atoms in total. The molecule has 2 aliphatic rings. The molecule has 10 heteroatoms. The van der Waals surface area contributed by atoms with Crippen molar-refractivity contribution in [2.75, 3.05) is 44.4 Å². The number of hydrogen-bond donors (Lipinski definition) is 0. The monoisotopic (exact) mass is 449 g/mol. The second-order valence-electron chi connectivity index (χ2n) is 7.59. The summed E-state index contributed by atoms with van der Waals surface area (Å²) in [4.78, 5) is 15.2. The summed E-state index contributed by atoms with van der Waals surface area (Å²) < 4.78 is 54.9. The lowest BCUT2D eigenvalue weighted by Crippen LogP contribution is -2.49. The van der Waals surface area contributed by atoms with Crippen molar-refractivity contribution in [2.24, 2.45) is 9.98 Å². The summed E-state index contributed by atoms with van der Waals surface area (Å²) >= 11 is 0. The van der Waals surface area contributed by atoms with Crippen LogP contribution >= 0.6 is 0 Å². The van der Waals surface area contributed by atoms with E-state index in [0.29, 0.717) is 19.2 Å². The lowest BCUT2D eigenvalue weighted by Gasteiger charge is -2.37. The lowest BCUT2D eigenvalue weighted by molar-refractivity contribution is -0.153. The SMILES string of the molecule is Fc1ccc(N2CCN(C3=NCN(Cc4cccc(OCC(F)(F)F)c4)C=N3)CC2)cc1. The van der Waals surface area contributed by atoms with Gasteiger partial charge in [0.05, 0.1) is 6.34 Å². The number of nitrogens with zero attached hydrogens (tertiary/aromatic N) is 5. The van der Waals surface area contributed by atoms with Gasteiger partial charge in [0, 0.05) is 38.4 Å². The predicted octanol–water partition coefficient (Wildman–Crippen LogP) is 3.75. The Morgan fingerprint density at radius 1 is 0.938 bits per heavy atom. The van der Waals surface area contributed by atoms with Gasteiger partial charge in [-0.1, -0.05) is 12.1 Å². The van der Waals surface area contributed by atoms with Crippen LogP contribution in [-0.2, 0) is 6.54 Å². The van der Waals surface area contributed by atoms with Crippen molar-refractivity contribution in [1.29, 1.82) is 0 Å². The number of guanidine groups is 1. The van der Waals surface area contributed by atoms with Crippen molar-refractivity contribution < 1.29 is 22.3 Å². The molecule has 0 atom stereocenters. The first kappa shape index (κ1) is 21.9. The van der Waals surface area contributed by atoms with Gasteiger partial charge in [0.1, 0.15) is 18.2 Å². The largest absolute Gasteiger partial charge is 0.484 e. The molecule has 0 bridgehead atoms. The predicted molar refractivity (Wildman–Crippen MR) is 115 cm³/mol. The fourth-order valence-electron chi connectivity index (χ4n) is 3.59. The smallest absolute Gasteiger partial charge is 0.422 e. The van der Waals surface area contributed by atoms with Crippen molar-refractivity contribution in [3.63, 3.8) is 0 Å². The highest BCUT2D eigenvalue weighted by molar-refractivity contribution is 5.89. The zero-order valence-electron chi connectivity index (χ0n) is 17.3. The van der Waals surface area contributed by atoms with Gasteiger partial charge in [-0.3, -0.25) is 0 Å². The third-order valence-corrected chi connectivity index (χ3v) is 5.17. The average molecular weight is 449 g/mol. The van der Waals surface area contributed by atoms with Gasteiger partial charge in [-0.05, 0) is 42.0 Å². The summed E-state index contributed by atoms with van der Waals surface area (Å²) in [5.41, 5.74) is 1.80. The van der Waals surface area contributed by atoms with E-state index in [1.54, 1.807) is 30.6 Å². The third kappa shape index (κ3) is 5.89. The first-order valence-corrected chi connectivity index (χ1v) is 10.2. The van der Waals surface area contributed by atoms with Crippen LogP contribution in [0, 0.1) is 5.82 Å². The molecular formula is C22H23F4N5O. The summed E-state index contributed by atoms with van der Waals surface area (Å²) in [6, 6.07) is 13.1. The zero-order valence-corrected chi connectivity index (χ0v) is 17.3. The molecule has 2 aromatic rings. The second kappa shape index (κ2) is 9.46. The maximum atomic E-state index is 13.1. The van der Waals surface area contributed by atoms with Gasteiger partial charge in [0.15, 0.2) is 6.61 Å². The molecule has 0 saturated carbocycles. The summed E-state index contributed by atoms with van der Waals surface area (Å²) in [6.45, 7) is 2.64. The van der Waals surface area contributed by atoms with Crippen LogP contribution < -0.4 is 9.64 Å². The Hall–Kier alpha value is -3.30. The normalized spacial score (nSPS) is 16.9. The van der Waals surface area contributed by atoms with E-state index >= 15 is 0 Å². The van der Waals surface area contributed by atoms with Crippen LogP contribution in [-0.4, -0.2) is 67.7 Å². The van der Waals surface area contributed by atoms with Gasteiger partial charge in [0.2, 0.25) is 5.96 Å². The molecule has 0 spiro atoms. The van der Waals surface area contributed by atoms with E-state index in [1.807, 2.05) is 11.0 Å². The van der Waals surface area contributed by atoms with E-state index in [0.717, 1.165) is 37.4 Å². The van der Waals surface area contributed by atoms with E-state index in [-0.39, 0.29) is 11.6 Å². The number of hydrogen-bond acceptors (Lipinski definition) is 6. The van der Waals surface area contributed by atoms with Gasteiger partial charge in [-0.15, -0.1) is 0 Å². The van der Waals surface area contributed by atoms with E-state index in [2.05, 4.69) is 19.8 Å². The van der Waals surface area contributed by atoms with Gasteiger partial charge >= 0.3 is 6.18 Å². The Labute approximate surface area is 183 Å². The number of aliphatic imine (C=N–C) groups is 2. The van der Waals surface area contributed by atoms with Crippen molar-refractivity contribution in [1.82, 2.24) is 9.80 Å². The minimum Gasteiger partial charge on any atom is -0.484 e. The standard InChI is InChI=1S/C22H23F4N5O/c23-18-4-6-19(7-5-18)30-8-10-31(11-9-30)21-27-15-29(16-28-21)13-17-2-1-3-20(12-17)32-14-22(24,25)26/h1-7,12,15H,8-11,13-14,16H2. The number of alkyl halides is 3. The molecule has 2 aromatic carbocycles. The number of ether oxygens (including phenoxy) is 1. The molecular weight excluding hydrogens is 426 g/mol. The maximum absolute atomic E-state index is 13.1. The molecule has 0 N–H and O–H groups in total. The van der Waals surface area contributed by atoms with E-state index < -0.39 is 12.8 Å². The number of piperazine rings is 1. The van der Waals surface area contributed by atoms with Crippen LogP contribution in [0.2, 0.25) is 0 Å². The maximum Gasteiger partial charge on any atom is 0.422 e. The highest BCUT2D eigenvalue weighted by Crippen LogP contribution is 2.21. The third-order valence-electron chi connectivity index (χ3n) is 5.17. The van der Waals surface area contributed by atoms with Crippen LogP contribution in [0.4, 0.5) is 23.2 Å². The molecule has 0 unspecified atom stereocenters. The van der Waals surface area contributed by atoms with Crippen LogP contribution in [0.5, 0.6) is 5.75 Å². The van der Waals surface area contributed by atoms with Gasteiger partial charge in [0.25, 0.3) is 0 Å². The Morgan fingerprint density at radius 3 is 2.31 bits per heavy atom. The van der Waals surface area contributed by atoms with Gasteiger partial charge in [-0.2, -0.15) is 13.2 Å². The molecule has 1 saturated heterocycles. The topological polar surface area (TPSA) is 43.7 Å². The Bertz CT molecular complexity index is 969. The first-order valence-electron chi connectivity index (χ1n) is 10.2. The van der Waals surface area contributed by atoms with E-state index in [1.165, 1.54) is 18.2 Å². The molecule has 1 fully saturated rings. The summed E-state index contributed by atoms with van der Waals surface area (Å²) in [5.74, 6) is 0.600. The minimum atomic E-state index is -4.37. The van der Waals surface area contributed by atoms with Crippen molar-refractivity contribution in [3.05, 3.63) is 59.9 Å². The molecule has 4 rings (SSSR count). The molecule has 0 aliphatic carbocycles. The van der Waals surface area contributed by atoms with E-state index in [9.17, 15) is 17.6 Å². The number of anilines is 1. The van der Waals surface area contributed by atoms with E-state index in [4.69, 9.17) is 4.74 Å². The van der Waals surface area contributed by atoms with Crippen LogP contribution in [0.15, 0.2) is 58.5 Å². The molecule has 170 valence electrons. The number of halogens is 4. The van der Waals surface area contributed by atoms with Crippen LogP contribution in [0.3, 0.4) is 0 Å². The average Bonchev–Trinajstić information content (AvgIpc) is 2.79. The minimum absolute atomic E-state index is 0.178. The lowest BCUT2D eigenvalue weighted by atomic mass is 10.2. The molecule has 2 heterocycles. The fraction of sp³-hybridized carbons (Fsp3) is 0.364. The highest BCUT2D eigenvalue weighted by Gasteiger charge is 2.28. The Morgan fingerprint density at radius 2 is 1.66 bits per heavy atom. The van der Waals surface area contributed by atoms with Crippen LogP contribution in [0.1, 0.15) is 5.56 Å². The Balaban J connectivity index is 1.27. The number of benzene rings is 2. The van der Waals surface area contributed by atoms with Crippen molar-refractivity contribution in [3.8, 4) is 5.75 Å². The molecule has 0 radical (unpaired) electrons. The first-order chi connectivity index (χ1) is 15.4. The highest BCUT2D eigenvalue weighted by atomic mass is 19.4. The molecule has 0 aromatic heterocycles. The summed E-state index contributed by atoms with van der Waals surface area (Å²) in [6.07, 6.45) is -2.66. The van der Waals surface area contributed by atoms with Gasteiger partial charge < -0.3 is 19.4 Å². The Kier molecular flexibility index (Phi) is 6.48. The second-order valence-corrected chi connectivity index (χ2v) is 7.59. The quantitative estimate of drug-likeness (QED) is 0.653. The van der Waals surface area contributed by atoms with Crippen molar-refractivity contribution in [2.45, 2.75) is 12.7 Å². The fourth-order valence-corrected chi connectivity index (χ4v) is 3.59.